The van der Waals surface area contributed by atoms with Gasteiger partial charge in [0.15, 0.2) is 0 Å². The molecule has 0 bridgehead atoms. The number of amides is 2. The zero-order valence-electron chi connectivity index (χ0n) is 24.7. The van der Waals surface area contributed by atoms with Crippen LogP contribution in [0.2, 0.25) is 0 Å². The van der Waals surface area contributed by atoms with Crippen LogP contribution in [0.3, 0.4) is 0 Å². The summed E-state index contributed by atoms with van der Waals surface area (Å²) >= 11 is 1.60. The highest BCUT2D eigenvalue weighted by atomic mass is 32.1. The van der Waals surface area contributed by atoms with Crippen LogP contribution in [0.15, 0.2) is 72.4 Å². The Kier molecular flexibility index (Phi) is 6.96. The lowest BCUT2D eigenvalue weighted by atomic mass is 10.0. The normalized spacial score (nSPS) is 18.2. The van der Waals surface area contributed by atoms with Crippen LogP contribution < -0.4 is 5.32 Å². The minimum Gasteiger partial charge on any atom is -0.444 e. The summed E-state index contributed by atoms with van der Waals surface area (Å²) in [6.45, 7) is 7.60. The molecule has 0 spiro atoms. The van der Waals surface area contributed by atoms with Crippen LogP contribution in [0.25, 0.3) is 32.2 Å². The largest absolute Gasteiger partial charge is 0.444 e. The number of nitrogens with zero attached hydrogens (tertiary/aromatic N) is 4. The third kappa shape index (κ3) is 5.45. The number of carbonyl (C=O) groups excluding carboxylic acids is 2. The number of anilines is 2. The number of hydrogen-bond acceptors (Lipinski definition) is 7. The van der Waals surface area contributed by atoms with Gasteiger partial charge in [0.05, 0.1) is 26.8 Å². The number of halogens is 1. The van der Waals surface area contributed by atoms with E-state index in [4.69, 9.17) is 4.74 Å². The number of aromatic nitrogens is 2. The molecule has 2 fully saturated rings. The maximum Gasteiger partial charge on any atom is 0.410 e. The molecule has 10 heteroatoms. The summed E-state index contributed by atoms with van der Waals surface area (Å²) < 4.78 is 22.1. The van der Waals surface area contributed by atoms with Gasteiger partial charge in [-0.1, -0.05) is 12.1 Å². The molecular formula is C34H32FN5O3S. The Balaban J connectivity index is 1.07. The summed E-state index contributed by atoms with van der Waals surface area (Å²) in [6, 6.07) is 18.6. The number of rotatable bonds is 4. The van der Waals surface area contributed by atoms with Crippen molar-refractivity contribution in [2.45, 2.75) is 26.4 Å². The Bertz CT molecular complexity index is 1900. The van der Waals surface area contributed by atoms with E-state index in [2.05, 4.69) is 15.3 Å². The number of ether oxygens (including phenoxy) is 1. The lowest BCUT2D eigenvalue weighted by molar-refractivity contribution is 0.0275. The fraction of sp³-hybridized carbons (Fsp3) is 0.294. The van der Waals surface area contributed by atoms with E-state index in [1.54, 1.807) is 39.5 Å². The SMILES string of the molecule is CC(C)(C)OC(=O)N1CC2CN(C(=O)c3ccc(-c4ccc5nccc(Nc6ccc7scnc7c6)c5c4)cc3F)CC2C1. The second-order valence-corrected chi connectivity index (χ2v) is 13.4. The van der Waals surface area contributed by atoms with E-state index in [1.807, 2.05) is 68.7 Å². The molecule has 0 aliphatic carbocycles. The summed E-state index contributed by atoms with van der Waals surface area (Å²) in [6.07, 6.45) is 1.43. The Morgan fingerprint density at radius 1 is 0.886 bits per heavy atom. The molecule has 7 rings (SSSR count). The zero-order chi connectivity index (χ0) is 30.6. The summed E-state index contributed by atoms with van der Waals surface area (Å²) in [5, 5.41) is 4.38. The first-order valence-electron chi connectivity index (χ1n) is 14.7. The molecule has 1 N–H and O–H groups in total. The van der Waals surface area contributed by atoms with Gasteiger partial charge in [0.2, 0.25) is 0 Å². The Morgan fingerprint density at radius 3 is 2.36 bits per heavy atom. The first kappa shape index (κ1) is 28.2. The van der Waals surface area contributed by atoms with Gasteiger partial charge in [-0.2, -0.15) is 0 Å². The minimum absolute atomic E-state index is 0.0555. The smallest absolute Gasteiger partial charge is 0.410 e. The van der Waals surface area contributed by atoms with Crippen molar-refractivity contribution >= 4 is 55.8 Å². The van der Waals surface area contributed by atoms with E-state index in [1.165, 1.54) is 6.07 Å². The van der Waals surface area contributed by atoms with Crippen LogP contribution in [0.5, 0.6) is 0 Å². The van der Waals surface area contributed by atoms with Crippen LogP contribution in [0.1, 0.15) is 31.1 Å². The van der Waals surface area contributed by atoms with Gasteiger partial charge >= 0.3 is 6.09 Å². The number of likely N-dealkylation sites (tertiary alicyclic amines) is 2. The standard InChI is InChI=1S/C34H32FN5O3S/c1-34(2,3)43-33(42)40-17-22-15-39(16-23(22)18-40)32(41)25-7-4-21(13-27(25)35)20-5-8-28-26(12-20)29(10-11-36-28)38-24-6-9-31-30(14-24)37-19-44-31/h4-14,19,22-23H,15-18H2,1-3H3,(H,36,38). The van der Waals surface area contributed by atoms with E-state index in [9.17, 15) is 9.59 Å². The third-order valence-corrected chi connectivity index (χ3v) is 9.12. The monoisotopic (exact) mass is 609 g/mol. The molecule has 2 saturated heterocycles. The molecule has 2 amide bonds. The number of pyridine rings is 1. The number of hydrogen-bond donors (Lipinski definition) is 1. The zero-order valence-corrected chi connectivity index (χ0v) is 25.5. The minimum atomic E-state index is -0.555. The predicted molar refractivity (Wildman–Crippen MR) is 171 cm³/mol. The lowest BCUT2D eigenvalue weighted by Gasteiger charge is -2.26. The number of carbonyl (C=O) groups is 2. The lowest BCUT2D eigenvalue weighted by Crippen LogP contribution is -2.38. The van der Waals surface area contributed by atoms with E-state index in [0.717, 1.165) is 38.1 Å². The number of nitrogens with one attached hydrogen (secondary N) is 1. The molecule has 4 heterocycles. The van der Waals surface area contributed by atoms with Gasteiger partial charge in [-0.05, 0) is 80.4 Å². The average molecular weight is 610 g/mol. The van der Waals surface area contributed by atoms with E-state index in [0.29, 0.717) is 31.7 Å². The van der Waals surface area contributed by atoms with Gasteiger partial charge < -0.3 is 19.9 Å². The third-order valence-electron chi connectivity index (χ3n) is 8.31. The Hall–Kier alpha value is -4.57. The van der Waals surface area contributed by atoms with Crippen LogP contribution >= 0.6 is 11.3 Å². The van der Waals surface area contributed by atoms with Gasteiger partial charge in [0.1, 0.15) is 11.4 Å². The fourth-order valence-electron chi connectivity index (χ4n) is 6.20. The second kappa shape index (κ2) is 10.9. The number of thiazole rings is 1. The quantitative estimate of drug-likeness (QED) is 0.230. The van der Waals surface area contributed by atoms with Crippen molar-refractivity contribution in [3.05, 3.63) is 83.8 Å². The van der Waals surface area contributed by atoms with Crippen molar-refractivity contribution in [1.29, 1.82) is 0 Å². The average Bonchev–Trinajstić information content (AvgIpc) is 3.71. The topological polar surface area (TPSA) is 87.7 Å². The summed E-state index contributed by atoms with van der Waals surface area (Å²) in [5.74, 6) is -0.558. The van der Waals surface area contributed by atoms with Gasteiger partial charge in [0.25, 0.3) is 5.91 Å². The van der Waals surface area contributed by atoms with Gasteiger partial charge in [-0.25, -0.2) is 14.2 Å². The second-order valence-electron chi connectivity index (χ2n) is 12.6. The molecule has 2 unspecified atom stereocenters. The van der Waals surface area contributed by atoms with E-state index >= 15 is 4.39 Å². The van der Waals surface area contributed by atoms with Gasteiger partial charge in [0, 0.05) is 61.0 Å². The van der Waals surface area contributed by atoms with Crippen LogP contribution in [0.4, 0.5) is 20.6 Å². The summed E-state index contributed by atoms with van der Waals surface area (Å²) in [5.41, 5.74) is 6.36. The van der Waals surface area contributed by atoms with Crippen LogP contribution in [-0.2, 0) is 4.74 Å². The fourth-order valence-corrected chi connectivity index (χ4v) is 6.86. The van der Waals surface area contributed by atoms with Crippen molar-refractivity contribution < 1.29 is 18.7 Å². The molecule has 8 nitrogen and oxygen atoms in total. The highest BCUT2D eigenvalue weighted by molar-refractivity contribution is 7.16. The molecule has 2 aliphatic rings. The molecule has 2 atom stereocenters. The first-order chi connectivity index (χ1) is 21.1. The van der Waals surface area contributed by atoms with Crippen molar-refractivity contribution in [2.24, 2.45) is 11.8 Å². The molecule has 2 aromatic heterocycles. The summed E-state index contributed by atoms with van der Waals surface area (Å²) in [4.78, 5) is 38.2. The van der Waals surface area contributed by atoms with Crippen LogP contribution in [0, 0.1) is 17.7 Å². The van der Waals surface area contributed by atoms with Crippen molar-refractivity contribution in [2.75, 3.05) is 31.5 Å². The van der Waals surface area contributed by atoms with Gasteiger partial charge in [-0.3, -0.25) is 9.78 Å². The predicted octanol–water partition coefficient (Wildman–Crippen LogP) is 7.33. The molecule has 224 valence electrons. The molecule has 0 radical (unpaired) electrons. The molecule has 0 saturated carbocycles. The van der Waals surface area contributed by atoms with Crippen molar-refractivity contribution in [1.82, 2.24) is 19.8 Å². The summed E-state index contributed by atoms with van der Waals surface area (Å²) in [7, 11) is 0. The molecule has 5 aromatic rings. The molecule has 3 aromatic carbocycles. The molecule has 2 aliphatic heterocycles. The maximum atomic E-state index is 15.5. The van der Waals surface area contributed by atoms with Crippen molar-refractivity contribution in [3.63, 3.8) is 0 Å². The number of benzene rings is 3. The van der Waals surface area contributed by atoms with Crippen LogP contribution in [-0.4, -0.2) is 63.5 Å². The van der Waals surface area contributed by atoms with E-state index < -0.39 is 11.4 Å². The Labute approximate surface area is 258 Å². The molecular weight excluding hydrogens is 577 g/mol. The van der Waals surface area contributed by atoms with Crippen molar-refractivity contribution in [3.8, 4) is 11.1 Å². The number of fused-ring (bicyclic) bond motifs is 3. The highest BCUT2D eigenvalue weighted by Crippen LogP contribution is 2.35. The Morgan fingerprint density at radius 2 is 1.61 bits per heavy atom. The van der Waals surface area contributed by atoms with Gasteiger partial charge in [-0.15, -0.1) is 11.3 Å². The van der Waals surface area contributed by atoms with E-state index in [-0.39, 0.29) is 29.4 Å². The maximum absolute atomic E-state index is 15.5. The molecule has 44 heavy (non-hydrogen) atoms. The first-order valence-corrected chi connectivity index (χ1v) is 15.6. The highest BCUT2D eigenvalue weighted by Gasteiger charge is 2.44.